The van der Waals surface area contributed by atoms with Crippen molar-refractivity contribution in [2.24, 2.45) is 0 Å². The highest BCUT2D eigenvalue weighted by molar-refractivity contribution is 6.32. The first-order valence-electron chi connectivity index (χ1n) is 9.82. The fourth-order valence-corrected chi connectivity index (χ4v) is 4.02. The third kappa shape index (κ3) is 3.33. The van der Waals surface area contributed by atoms with E-state index in [1.165, 1.54) is 21.4 Å². The average Bonchev–Trinajstić information content (AvgIpc) is 3.11. The van der Waals surface area contributed by atoms with Gasteiger partial charge >= 0.3 is 0 Å². The van der Waals surface area contributed by atoms with E-state index >= 15 is 0 Å². The highest BCUT2D eigenvalue weighted by Gasteiger charge is 2.22. The molecule has 0 atom stereocenters. The number of aromatic nitrogens is 4. The number of halogens is 2. The number of nitrogens with zero attached hydrogens (tertiary/aromatic N) is 3. The van der Waals surface area contributed by atoms with Gasteiger partial charge in [0.25, 0.3) is 11.1 Å². The number of rotatable bonds is 4. The van der Waals surface area contributed by atoms with E-state index in [-0.39, 0.29) is 28.7 Å². The lowest BCUT2D eigenvalue weighted by molar-refractivity contribution is 0.628. The molecule has 158 valence electrons. The van der Waals surface area contributed by atoms with Crippen LogP contribution in [0, 0.1) is 5.82 Å². The van der Waals surface area contributed by atoms with Crippen LogP contribution in [0.1, 0.15) is 5.56 Å². The molecular formula is C24H16ClFN4O2. The number of nitrogens with one attached hydrogen (secondary N) is 1. The minimum Gasteiger partial charge on any atom is -0.303 e. The zero-order valence-electron chi connectivity index (χ0n) is 16.6. The summed E-state index contributed by atoms with van der Waals surface area (Å²) in [6, 6.07) is 17.8. The summed E-state index contributed by atoms with van der Waals surface area (Å²) in [5, 5.41) is 3.52. The minimum atomic E-state index is -0.534. The van der Waals surface area contributed by atoms with Crippen LogP contribution in [-0.4, -0.2) is 19.3 Å². The van der Waals surface area contributed by atoms with Crippen LogP contribution >= 0.6 is 11.6 Å². The van der Waals surface area contributed by atoms with Gasteiger partial charge in [0.05, 0.1) is 33.9 Å². The van der Waals surface area contributed by atoms with Crippen molar-refractivity contribution in [2.45, 2.75) is 6.54 Å². The normalized spacial score (nSPS) is 11.2. The van der Waals surface area contributed by atoms with Crippen LogP contribution in [0.25, 0.3) is 27.8 Å². The van der Waals surface area contributed by atoms with E-state index in [0.29, 0.717) is 16.2 Å². The Labute approximate surface area is 186 Å². The number of aromatic amines is 1. The molecule has 5 rings (SSSR count). The van der Waals surface area contributed by atoms with Crippen molar-refractivity contribution in [3.63, 3.8) is 0 Å². The van der Waals surface area contributed by atoms with Gasteiger partial charge in [-0.05, 0) is 42.0 Å². The highest BCUT2D eigenvalue weighted by Crippen LogP contribution is 2.29. The first-order valence-corrected chi connectivity index (χ1v) is 10.2. The second-order valence-electron chi connectivity index (χ2n) is 7.25. The molecule has 3 aromatic heterocycles. The molecule has 0 unspecified atom stereocenters. The van der Waals surface area contributed by atoms with E-state index in [2.05, 4.69) is 10.1 Å². The second-order valence-corrected chi connectivity index (χ2v) is 7.65. The smallest absolute Gasteiger partial charge is 0.281 e. The predicted octanol–water partition coefficient (Wildman–Crippen LogP) is 4.38. The van der Waals surface area contributed by atoms with Crippen molar-refractivity contribution in [3.05, 3.63) is 116 Å². The molecule has 0 amide bonds. The van der Waals surface area contributed by atoms with Gasteiger partial charge in [-0.3, -0.25) is 19.7 Å². The third-order valence-electron chi connectivity index (χ3n) is 5.27. The molecule has 2 aromatic carbocycles. The van der Waals surface area contributed by atoms with E-state index in [4.69, 9.17) is 11.6 Å². The Bertz CT molecular complexity index is 1570. The van der Waals surface area contributed by atoms with Gasteiger partial charge in [0.1, 0.15) is 5.82 Å². The average molecular weight is 447 g/mol. The van der Waals surface area contributed by atoms with Crippen LogP contribution in [0.4, 0.5) is 4.39 Å². The summed E-state index contributed by atoms with van der Waals surface area (Å²) < 4.78 is 17.6. The fourth-order valence-electron chi connectivity index (χ4n) is 3.80. The van der Waals surface area contributed by atoms with Crippen molar-refractivity contribution >= 4 is 22.5 Å². The van der Waals surface area contributed by atoms with E-state index < -0.39 is 11.4 Å². The van der Waals surface area contributed by atoms with Gasteiger partial charge in [-0.1, -0.05) is 35.9 Å². The highest BCUT2D eigenvalue weighted by atomic mass is 35.5. The number of benzene rings is 2. The summed E-state index contributed by atoms with van der Waals surface area (Å²) in [6.45, 7) is 0.150. The van der Waals surface area contributed by atoms with E-state index in [9.17, 15) is 14.0 Å². The lowest BCUT2D eigenvalue weighted by Crippen LogP contribution is -2.24. The molecule has 0 aliphatic heterocycles. The Hall–Kier alpha value is -3.97. The van der Waals surface area contributed by atoms with Crippen molar-refractivity contribution in [1.82, 2.24) is 19.3 Å². The Balaban J connectivity index is 1.87. The molecule has 0 saturated heterocycles. The quantitative estimate of drug-likeness (QED) is 0.445. The van der Waals surface area contributed by atoms with Gasteiger partial charge in [-0.25, -0.2) is 9.07 Å². The molecule has 0 saturated carbocycles. The third-order valence-corrected chi connectivity index (χ3v) is 5.59. The van der Waals surface area contributed by atoms with Gasteiger partial charge in [-0.2, -0.15) is 0 Å². The van der Waals surface area contributed by atoms with Crippen LogP contribution < -0.4 is 11.1 Å². The number of hydrogen-bond donors (Lipinski definition) is 1. The zero-order valence-corrected chi connectivity index (χ0v) is 17.4. The standard InChI is InChI=1S/C24H16ClFN4O2/c25-17-6-2-4-8-20(17)30-24(32)22-19(28-30)13-21(31)29(14-15-9-11-27-12-10-15)23(22)16-5-1-3-7-18(16)26/h1-13,28H,14H2. The van der Waals surface area contributed by atoms with Crippen molar-refractivity contribution in [1.29, 1.82) is 0 Å². The summed E-state index contributed by atoms with van der Waals surface area (Å²) in [4.78, 5) is 30.7. The van der Waals surface area contributed by atoms with Gasteiger partial charge in [0.2, 0.25) is 0 Å². The molecule has 32 heavy (non-hydrogen) atoms. The predicted molar refractivity (Wildman–Crippen MR) is 122 cm³/mol. The van der Waals surface area contributed by atoms with Gasteiger partial charge in [0.15, 0.2) is 0 Å². The maximum Gasteiger partial charge on any atom is 0.281 e. The Morgan fingerprint density at radius 1 is 0.969 bits per heavy atom. The van der Waals surface area contributed by atoms with Crippen molar-refractivity contribution in [2.75, 3.05) is 0 Å². The molecule has 0 aliphatic carbocycles. The molecule has 0 spiro atoms. The summed E-state index contributed by atoms with van der Waals surface area (Å²) >= 11 is 6.30. The van der Waals surface area contributed by atoms with E-state index in [1.807, 2.05) is 0 Å². The summed E-state index contributed by atoms with van der Waals surface area (Å²) in [6.07, 6.45) is 3.23. The Morgan fingerprint density at radius 2 is 1.69 bits per heavy atom. The molecule has 8 heteroatoms. The van der Waals surface area contributed by atoms with Crippen LogP contribution in [-0.2, 0) is 6.54 Å². The van der Waals surface area contributed by atoms with Crippen molar-refractivity contribution < 1.29 is 4.39 Å². The second kappa shape index (κ2) is 7.94. The number of hydrogen-bond acceptors (Lipinski definition) is 3. The maximum atomic E-state index is 14.9. The largest absolute Gasteiger partial charge is 0.303 e. The Kier molecular flexibility index (Phi) is 4.95. The topological polar surface area (TPSA) is 72.7 Å². The van der Waals surface area contributed by atoms with Crippen LogP contribution in [0.15, 0.2) is 88.7 Å². The molecule has 5 aromatic rings. The lowest BCUT2D eigenvalue weighted by Gasteiger charge is -2.14. The molecule has 1 N–H and O–H groups in total. The zero-order chi connectivity index (χ0) is 22.2. The molecule has 0 aliphatic rings. The number of pyridine rings is 2. The first-order chi connectivity index (χ1) is 15.5. The van der Waals surface area contributed by atoms with E-state index in [0.717, 1.165) is 5.56 Å². The van der Waals surface area contributed by atoms with Gasteiger partial charge in [0, 0.05) is 24.0 Å². The number of para-hydroxylation sites is 1. The van der Waals surface area contributed by atoms with Crippen LogP contribution in [0.5, 0.6) is 0 Å². The fraction of sp³-hybridized carbons (Fsp3) is 0.0417. The minimum absolute atomic E-state index is 0.150. The Morgan fingerprint density at radius 3 is 2.44 bits per heavy atom. The van der Waals surface area contributed by atoms with Gasteiger partial charge < -0.3 is 4.57 Å². The lowest BCUT2D eigenvalue weighted by atomic mass is 10.1. The molecule has 0 bridgehead atoms. The van der Waals surface area contributed by atoms with Crippen molar-refractivity contribution in [3.8, 4) is 16.9 Å². The SMILES string of the molecule is O=c1c2c(-c3ccccc3F)n(Cc3ccncc3)c(=O)cc2[nH]n1-c1ccccc1Cl. The first kappa shape index (κ1) is 20.0. The summed E-state index contributed by atoms with van der Waals surface area (Å²) in [5.74, 6) is -0.534. The van der Waals surface area contributed by atoms with E-state index in [1.54, 1.807) is 67.0 Å². The summed E-state index contributed by atoms with van der Waals surface area (Å²) in [5.41, 5.74) is 1.07. The molecular weight excluding hydrogens is 431 g/mol. The van der Waals surface area contributed by atoms with Gasteiger partial charge in [-0.15, -0.1) is 0 Å². The molecule has 3 heterocycles. The molecule has 6 nitrogen and oxygen atoms in total. The maximum absolute atomic E-state index is 14.9. The molecule has 0 radical (unpaired) electrons. The summed E-state index contributed by atoms with van der Waals surface area (Å²) in [7, 11) is 0. The number of fused-ring (bicyclic) bond motifs is 1. The molecule has 0 fully saturated rings. The van der Waals surface area contributed by atoms with Crippen LogP contribution in [0.3, 0.4) is 0 Å². The monoisotopic (exact) mass is 446 g/mol. The van der Waals surface area contributed by atoms with Crippen LogP contribution in [0.2, 0.25) is 5.02 Å². The number of H-pyrrole nitrogens is 1.